The van der Waals surface area contributed by atoms with E-state index in [1.165, 1.54) is 0 Å². The molecule has 26 heavy (non-hydrogen) atoms. The fourth-order valence-corrected chi connectivity index (χ4v) is 4.65. The number of hydrogen-bond acceptors (Lipinski definition) is 4. The van der Waals surface area contributed by atoms with Gasteiger partial charge in [-0.25, -0.2) is 4.79 Å². The van der Waals surface area contributed by atoms with E-state index in [1.807, 2.05) is 18.2 Å². The lowest BCUT2D eigenvalue weighted by Gasteiger charge is -2.26. The first-order valence-electron chi connectivity index (χ1n) is 8.15. The second kappa shape index (κ2) is 7.47. The predicted octanol–water partition coefficient (Wildman–Crippen LogP) is 5.04. The number of hydrogen-bond donors (Lipinski definition) is 1. The standard InChI is InChI=1S/C18H16Cl2N2O3S/c19-12-2-3-14(13(20)10-12)21-18(23)22-5-8-26-17(22)11-1-4-15-16(9-11)25-7-6-24-15/h1-4,9-10,17H,5-8H2,(H,21,23)/t17-/m0/s1. The molecule has 2 aromatic rings. The van der Waals surface area contributed by atoms with Crippen LogP contribution in [0.4, 0.5) is 10.5 Å². The lowest BCUT2D eigenvalue weighted by molar-refractivity contribution is 0.171. The Balaban J connectivity index is 1.53. The molecule has 0 radical (unpaired) electrons. The Kier molecular flexibility index (Phi) is 5.07. The highest BCUT2D eigenvalue weighted by Crippen LogP contribution is 2.42. The topological polar surface area (TPSA) is 50.8 Å². The summed E-state index contributed by atoms with van der Waals surface area (Å²) in [7, 11) is 0. The van der Waals surface area contributed by atoms with E-state index in [0.717, 1.165) is 22.8 Å². The van der Waals surface area contributed by atoms with Gasteiger partial charge in [-0.15, -0.1) is 11.8 Å². The number of ether oxygens (including phenoxy) is 2. The van der Waals surface area contributed by atoms with E-state index in [4.69, 9.17) is 32.7 Å². The highest BCUT2D eigenvalue weighted by molar-refractivity contribution is 7.99. The number of thioether (sulfide) groups is 1. The fourth-order valence-electron chi connectivity index (χ4n) is 2.95. The van der Waals surface area contributed by atoms with Crippen LogP contribution in [0.25, 0.3) is 0 Å². The number of rotatable bonds is 2. The van der Waals surface area contributed by atoms with E-state index in [-0.39, 0.29) is 11.4 Å². The summed E-state index contributed by atoms with van der Waals surface area (Å²) in [6, 6.07) is 10.6. The van der Waals surface area contributed by atoms with Gasteiger partial charge < -0.3 is 19.7 Å². The van der Waals surface area contributed by atoms with Crippen LogP contribution < -0.4 is 14.8 Å². The van der Waals surface area contributed by atoms with Crippen LogP contribution in [0, 0.1) is 0 Å². The number of halogens is 2. The van der Waals surface area contributed by atoms with Crippen molar-refractivity contribution >= 4 is 46.7 Å². The fraction of sp³-hybridized carbons (Fsp3) is 0.278. The summed E-state index contributed by atoms with van der Waals surface area (Å²) in [4.78, 5) is 14.6. The maximum absolute atomic E-state index is 12.8. The van der Waals surface area contributed by atoms with Crippen molar-refractivity contribution in [1.29, 1.82) is 0 Å². The van der Waals surface area contributed by atoms with Crippen molar-refractivity contribution in [3.05, 3.63) is 52.0 Å². The first-order chi connectivity index (χ1) is 12.6. The quantitative estimate of drug-likeness (QED) is 0.752. The van der Waals surface area contributed by atoms with Gasteiger partial charge in [0.05, 0.1) is 10.7 Å². The molecule has 1 atom stereocenters. The summed E-state index contributed by atoms with van der Waals surface area (Å²) in [6.07, 6.45) is 0. The monoisotopic (exact) mass is 410 g/mol. The minimum absolute atomic E-state index is 0.0862. The zero-order chi connectivity index (χ0) is 18.1. The Morgan fingerprint density at radius 1 is 1.12 bits per heavy atom. The number of carbonyl (C=O) groups excluding carboxylic acids is 1. The van der Waals surface area contributed by atoms with Crippen LogP contribution in [-0.2, 0) is 0 Å². The van der Waals surface area contributed by atoms with Crippen molar-refractivity contribution in [1.82, 2.24) is 4.90 Å². The van der Waals surface area contributed by atoms with Crippen LogP contribution in [0.1, 0.15) is 10.9 Å². The Labute approximate surface area is 165 Å². The zero-order valence-electron chi connectivity index (χ0n) is 13.7. The smallest absolute Gasteiger partial charge is 0.323 e. The van der Waals surface area contributed by atoms with Crippen molar-refractivity contribution in [2.45, 2.75) is 5.37 Å². The van der Waals surface area contributed by atoms with Gasteiger partial charge in [0, 0.05) is 17.3 Å². The van der Waals surface area contributed by atoms with E-state index in [9.17, 15) is 4.79 Å². The number of benzene rings is 2. The molecule has 0 saturated carbocycles. The van der Waals surface area contributed by atoms with E-state index >= 15 is 0 Å². The third kappa shape index (κ3) is 3.54. The Hall–Kier alpha value is -1.76. The van der Waals surface area contributed by atoms with Gasteiger partial charge in [0.15, 0.2) is 11.5 Å². The van der Waals surface area contributed by atoms with Crippen LogP contribution in [0.2, 0.25) is 10.0 Å². The third-order valence-corrected chi connectivity index (χ3v) is 5.98. The lowest BCUT2D eigenvalue weighted by Crippen LogP contribution is -2.34. The second-order valence-corrected chi connectivity index (χ2v) is 7.91. The Bertz CT molecular complexity index is 849. The molecule has 2 heterocycles. The van der Waals surface area contributed by atoms with Crippen molar-refractivity contribution in [2.24, 2.45) is 0 Å². The van der Waals surface area contributed by atoms with Crippen LogP contribution >= 0.6 is 35.0 Å². The number of carbonyl (C=O) groups is 1. The molecule has 1 fully saturated rings. The summed E-state index contributed by atoms with van der Waals surface area (Å²) in [6.45, 7) is 1.75. The molecule has 5 nitrogen and oxygen atoms in total. The first-order valence-corrected chi connectivity index (χ1v) is 9.96. The predicted molar refractivity (Wildman–Crippen MR) is 105 cm³/mol. The summed E-state index contributed by atoms with van der Waals surface area (Å²) in [5.74, 6) is 2.33. The van der Waals surface area contributed by atoms with Gasteiger partial charge in [0.1, 0.15) is 18.6 Å². The second-order valence-electron chi connectivity index (χ2n) is 5.87. The molecule has 0 aliphatic carbocycles. The molecule has 2 aliphatic heterocycles. The highest BCUT2D eigenvalue weighted by Gasteiger charge is 2.32. The summed E-state index contributed by atoms with van der Waals surface area (Å²) < 4.78 is 11.2. The number of nitrogens with zero attached hydrogens (tertiary/aromatic N) is 1. The first kappa shape index (κ1) is 17.6. The lowest BCUT2D eigenvalue weighted by atomic mass is 10.1. The van der Waals surface area contributed by atoms with E-state index in [1.54, 1.807) is 34.9 Å². The van der Waals surface area contributed by atoms with E-state index < -0.39 is 0 Å². The van der Waals surface area contributed by atoms with Crippen LogP contribution in [-0.4, -0.2) is 36.4 Å². The van der Waals surface area contributed by atoms with Gasteiger partial charge in [-0.1, -0.05) is 29.3 Å². The number of fused-ring (bicyclic) bond motifs is 1. The highest BCUT2D eigenvalue weighted by atomic mass is 35.5. The number of urea groups is 1. The molecule has 4 rings (SSSR count). The molecule has 2 aromatic carbocycles. The molecule has 2 aliphatic rings. The molecule has 0 aromatic heterocycles. The molecule has 8 heteroatoms. The Morgan fingerprint density at radius 3 is 2.73 bits per heavy atom. The molecular formula is C18H16Cl2N2O3S. The summed E-state index contributed by atoms with van der Waals surface area (Å²) >= 11 is 13.8. The molecule has 1 saturated heterocycles. The third-order valence-electron chi connectivity index (χ3n) is 4.18. The summed E-state index contributed by atoms with van der Waals surface area (Å²) in [5.41, 5.74) is 1.55. The molecule has 0 spiro atoms. The minimum Gasteiger partial charge on any atom is -0.486 e. The minimum atomic E-state index is -0.195. The van der Waals surface area contributed by atoms with Crippen LogP contribution in [0.15, 0.2) is 36.4 Å². The maximum atomic E-state index is 12.8. The SMILES string of the molecule is O=C(Nc1ccc(Cl)cc1Cl)N1CCS[C@H]1c1ccc2c(c1)OCCO2. The maximum Gasteiger partial charge on any atom is 0.323 e. The zero-order valence-corrected chi connectivity index (χ0v) is 16.0. The molecule has 0 bridgehead atoms. The molecule has 0 unspecified atom stereocenters. The van der Waals surface area contributed by atoms with Crippen molar-refractivity contribution in [3.8, 4) is 11.5 Å². The molecule has 1 N–H and O–H groups in total. The average molecular weight is 411 g/mol. The molecule has 136 valence electrons. The van der Waals surface area contributed by atoms with Gasteiger partial charge in [-0.2, -0.15) is 0 Å². The van der Waals surface area contributed by atoms with Crippen molar-refractivity contribution in [3.63, 3.8) is 0 Å². The molecular weight excluding hydrogens is 395 g/mol. The van der Waals surface area contributed by atoms with Gasteiger partial charge in [-0.3, -0.25) is 0 Å². The van der Waals surface area contributed by atoms with Gasteiger partial charge >= 0.3 is 6.03 Å². The molecule has 2 amide bonds. The number of anilines is 1. The van der Waals surface area contributed by atoms with Gasteiger partial charge in [0.2, 0.25) is 0 Å². The Morgan fingerprint density at radius 2 is 1.92 bits per heavy atom. The normalized spacial score (nSPS) is 18.7. The van der Waals surface area contributed by atoms with E-state index in [2.05, 4.69) is 5.32 Å². The van der Waals surface area contributed by atoms with Crippen molar-refractivity contribution < 1.29 is 14.3 Å². The van der Waals surface area contributed by atoms with E-state index in [0.29, 0.717) is 35.5 Å². The van der Waals surface area contributed by atoms with Gasteiger partial charge in [0.25, 0.3) is 0 Å². The van der Waals surface area contributed by atoms with Gasteiger partial charge in [-0.05, 0) is 35.9 Å². The number of nitrogens with one attached hydrogen (secondary N) is 1. The average Bonchev–Trinajstić information content (AvgIpc) is 3.13. The number of amides is 2. The van der Waals surface area contributed by atoms with Crippen molar-refractivity contribution in [2.75, 3.05) is 30.8 Å². The largest absolute Gasteiger partial charge is 0.486 e. The summed E-state index contributed by atoms with van der Waals surface area (Å²) in [5, 5.41) is 3.72. The van der Waals surface area contributed by atoms with Crippen LogP contribution in [0.3, 0.4) is 0 Å². The van der Waals surface area contributed by atoms with Crippen LogP contribution in [0.5, 0.6) is 11.5 Å².